The maximum absolute atomic E-state index is 13.0. The minimum atomic E-state index is -0.461. The Hall–Kier alpha value is -0.650. The van der Waals surface area contributed by atoms with Crippen molar-refractivity contribution in [2.45, 2.75) is 18.9 Å². The van der Waals surface area contributed by atoms with Crippen LogP contribution in [0.4, 0.5) is 10.1 Å². The molecule has 0 bridgehead atoms. The van der Waals surface area contributed by atoms with Crippen molar-refractivity contribution in [1.82, 2.24) is 0 Å². The van der Waals surface area contributed by atoms with Gasteiger partial charge in [0, 0.05) is 11.1 Å². The Balaban J connectivity index is 2.15. The van der Waals surface area contributed by atoms with Gasteiger partial charge in [0.2, 0.25) is 0 Å². The lowest BCUT2D eigenvalue weighted by molar-refractivity contribution is -0.124. The van der Waals surface area contributed by atoms with E-state index >= 15 is 0 Å². The molecule has 6 heteroatoms. The number of carbonyl (C=O) groups is 1. The molecule has 1 aliphatic rings. The highest BCUT2D eigenvalue weighted by molar-refractivity contribution is 9.10. The number of benzene rings is 1. The van der Waals surface area contributed by atoms with Crippen molar-refractivity contribution < 1.29 is 13.9 Å². The summed E-state index contributed by atoms with van der Waals surface area (Å²) in [5.74, 6) is -0.714. The molecular weight excluding hydrogens is 312 g/mol. The molecule has 1 aliphatic heterocycles. The lowest BCUT2D eigenvalue weighted by Gasteiger charge is -2.13. The van der Waals surface area contributed by atoms with Crippen LogP contribution in [0.1, 0.15) is 12.8 Å². The van der Waals surface area contributed by atoms with E-state index in [1.807, 2.05) is 0 Å². The molecule has 0 unspecified atom stereocenters. The molecule has 1 fully saturated rings. The summed E-state index contributed by atoms with van der Waals surface area (Å²) in [7, 11) is 0. The third kappa shape index (κ3) is 2.97. The summed E-state index contributed by atoms with van der Waals surface area (Å²) in [4.78, 5) is 11.8. The molecule has 92 valence electrons. The monoisotopic (exact) mass is 321 g/mol. The van der Waals surface area contributed by atoms with Gasteiger partial charge in [0.25, 0.3) is 5.91 Å². The van der Waals surface area contributed by atoms with Gasteiger partial charge >= 0.3 is 0 Å². The van der Waals surface area contributed by atoms with Gasteiger partial charge in [-0.15, -0.1) is 0 Å². The molecule has 0 aliphatic carbocycles. The van der Waals surface area contributed by atoms with E-state index in [1.54, 1.807) is 0 Å². The normalized spacial score (nSPS) is 19.4. The summed E-state index contributed by atoms with van der Waals surface area (Å²) in [6.45, 7) is 0.594. The van der Waals surface area contributed by atoms with Crippen molar-refractivity contribution in [3.05, 3.63) is 27.4 Å². The first-order chi connectivity index (χ1) is 8.08. The Morgan fingerprint density at radius 1 is 1.59 bits per heavy atom. The van der Waals surface area contributed by atoms with E-state index in [0.29, 0.717) is 23.2 Å². The van der Waals surface area contributed by atoms with Crippen molar-refractivity contribution in [3.8, 4) is 0 Å². The van der Waals surface area contributed by atoms with Gasteiger partial charge in [-0.05, 0) is 40.9 Å². The number of hydrogen-bond donors (Lipinski definition) is 1. The quantitative estimate of drug-likeness (QED) is 0.906. The summed E-state index contributed by atoms with van der Waals surface area (Å²) in [5.41, 5.74) is 0.369. The fraction of sp³-hybridized carbons (Fsp3) is 0.364. The van der Waals surface area contributed by atoms with E-state index in [4.69, 9.17) is 16.3 Å². The van der Waals surface area contributed by atoms with Crippen LogP contribution in [0.3, 0.4) is 0 Å². The zero-order valence-electron chi connectivity index (χ0n) is 8.80. The standard InChI is InChI=1S/C11H10BrClFNO2/c12-7-4-6(14)5-8(13)10(7)15-11(16)9-2-1-3-17-9/h4-5,9H,1-3H2,(H,15,16)/t9-/m1/s1. The third-order valence-electron chi connectivity index (χ3n) is 2.48. The third-order valence-corrected chi connectivity index (χ3v) is 3.40. The second kappa shape index (κ2) is 5.33. The van der Waals surface area contributed by atoms with E-state index < -0.39 is 11.9 Å². The Morgan fingerprint density at radius 2 is 2.35 bits per heavy atom. The summed E-state index contributed by atoms with van der Waals surface area (Å²) < 4.78 is 18.7. The summed E-state index contributed by atoms with van der Waals surface area (Å²) in [6, 6.07) is 2.40. The average Bonchev–Trinajstić information content (AvgIpc) is 2.76. The van der Waals surface area contributed by atoms with Crippen molar-refractivity contribution in [3.63, 3.8) is 0 Å². The summed E-state index contributed by atoms with van der Waals surface area (Å²) in [6.07, 6.45) is 1.13. The second-order valence-electron chi connectivity index (χ2n) is 3.74. The topological polar surface area (TPSA) is 38.3 Å². The van der Waals surface area contributed by atoms with Gasteiger partial charge in [-0.25, -0.2) is 4.39 Å². The van der Waals surface area contributed by atoms with Gasteiger partial charge in [-0.3, -0.25) is 4.79 Å². The number of amides is 1. The Morgan fingerprint density at radius 3 is 2.94 bits per heavy atom. The summed E-state index contributed by atoms with van der Waals surface area (Å²) >= 11 is 9.02. The van der Waals surface area contributed by atoms with E-state index in [9.17, 15) is 9.18 Å². The molecule has 1 saturated heterocycles. The number of rotatable bonds is 2. The predicted molar refractivity (Wildman–Crippen MR) is 66.7 cm³/mol. The fourth-order valence-corrected chi connectivity index (χ4v) is 2.55. The molecule has 1 aromatic rings. The number of ether oxygens (including phenoxy) is 1. The minimum Gasteiger partial charge on any atom is -0.368 e. The second-order valence-corrected chi connectivity index (χ2v) is 5.00. The van der Waals surface area contributed by atoms with Crippen molar-refractivity contribution in [1.29, 1.82) is 0 Å². The largest absolute Gasteiger partial charge is 0.368 e. The highest BCUT2D eigenvalue weighted by atomic mass is 79.9. The first-order valence-corrected chi connectivity index (χ1v) is 6.32. The highest BCUT2D eigenvalue weighted by Gasteiger charge is 2.24. The van der Waals surface area contributed by atoms with Crippen LogP contribution >= 0.6 is 27.5 Å². The molecule has 2 rings (SSSR count). The average molecular weight is 323 g/mol. The van der Waals surface area contributed by atoms with Crippen molar-refractivity contribution >= 4 is 39.1 Å². The number of nitrogens with one attached hydrogen (secondary N) is 1. The molecule has 1 heterocycles. The molecule has 1 amide bonds. The SMILES string of the molecule is O=C(Nc1c(Cl)cc(F)cc1Br)[C@H]1CCCO1. The van der Waals surface area contributed by atoms with Crippen molar-refractivity contribution in [2.24, 2.45) is 0 Å². The Kier molecular flexibility index (Phi) is 4.01. The van der Waals surface area contributed by atoms with Crippen LogP contribution in [-0.2, 0) is 9.53 Å². The van der Waals surface area contributed by atoms with Crippen LogP contribution in [0, 0.1) is 5.82 Å². The molecule has 3 nitrogen and oxygen atoms in total. The maximum atomic E-state index is 13.0. The number of anilines is 1. The van der Waals surface area contributed by atoms with E-state index in [2.05, 4.69) is 21.2 Å². The van der Waals surface area contributed by atoms with Gasteiger partial charge in [0.1, 0.15) is 11.9 Å². The molecule has 1 atom stereocenters. The molecule has 0 radical (unpaired) electrons. The van der Waals surface area contributed by atoms with Crippen molar-refractivity contribution in [2.75, 3.05) is 11.9 Å². The molecular formula is C11H10BrClFNO2. The van der Waals surface area contributed by atoms with E-state index in [1.165, 1.54) is 6.07 Å². The van der Waals surface area contributed by atoms with Gasteiger partial charge in [0.05, 0.1) is 10.7 Å². The predicted octanol–water partition coefficient (Wildman–Crippen LogP) is 3.36. The maximum Gasteiger partial charge on any atom is 0.253 e. The van der Waals surface area contributed by atoms with Gasteiger partial charge in [-0.2, -0.15) is 0 Å². The molecule has 0 saturated carbocycles. The van der Waals surface area contributed by atoms with E-state index in [-0.39, 0.29) is 10.9 Å². The van der Waals surface area contributed by atoms with Gasteiger partial charge in [0.15, 0.2) is 0 Å². The zero-order chi connectivity index (χ0) is 12.4. The number of hydrogen-bond acceptors (Lipinski definition) is 2. The molecule has 0 spiro atoms. The van der Waals surface area contributed by atoms with E-state index in [0.717, 1.165) is 12.5 Å². The molecule has 17 heavy (non-hydrogen) atoms. The lowest BCUT2D eigenvalue weighted by atomic mass is 10.2. The van der Waals surface area contributed by atoms with Crippen LogP contribution in [-0.4, -0.2) is 18.6 Å². The van der Waals surface area contributed by atoms with Crippen LogP contribution < -0.4 is 5.32 Å². The number of halogens is 3. The summed E-state index contributed by atoms with van der Waals surface area (Å²) in [5, 5.41) is 2.79. The number of carbonyl (C=O) groups excluding carboxylic acids is 1. The Bertz CT molecular complexity index is 426. The smallest absolute Gasteiger partial charge is 0.253 e. The lowest BCUT2D eigenvalue weighted by Crippen LogP contribution is -2.27. The van der Waals surface area contributed by atoms with Gasteiger partial charge < -0.3 is 10.1 Å². The fourth-order valence-electron chi connectivity index (χ4n) is 1.65. The molecule has 1 N–H and O–H groups in total. The first-order valence-electron chi connectivity index (χ1n) is 5.15. The van der Waals surface area contributed by atoms with Crippen LogP contribution in [0.25, 0.3) is 0 Å². The van der Waals surface area contributed by atoms with Gasteiger partial charge in [-0.1, -0.05) is 11.6 Å². The first kappa shape index (κ1) is 12.8. The van der Waals surface area contributed by atoms with Crippen LogP contribution in [0.15, 0.2) is 16.6 Å². The molecule has 0 aromatic heterocycles. The highest BCUT2D eigenvalue weighted by Crippen LogP contribution is 2.32. The zero-order valence-corrected chi connectivity index (χ0v) is 11.1. The Labute approximate surface area is 111 Å². The minimum absolute atomic E-state index is 0.156. The molecule has 1 aromatic carbocycles. The van der Waals surface area contributed by atoms with Crippen LogP contribution in [0.2, 0.25) is 5.02 Å². The van der Waals surface area contributed by atoms with Crippen LogP contribution in [0.5, 0.6) is 0 Å².